The summed E-state index contributed by atoms with van der Waals surface area (Å²) in [6.07, 6.45) is 1.99. The second kappa shape index (κ2) is 11.6. The van der Waals surface area contributed by atoms with E-state index in [1.165, 1.54) is 32.9 Å². The first-order valence-electron chi connectivity index (χ1n) is 11.9. The molecule has 2 aromatic rings. The lowest BCUT2D eigenvalue weighted by Crippen LogP contribution is -2.49. The Morgan fingerprint density at radius 1 is 0.889 bits per heavy atom. The maximum absolute atomic E-state index is 12.7. The van der Waals surface area contributed by atoms with Crippen molar-refractivity contribution in [1.82, 2.24) is 18.9 Å². The molecule has 196 valence electrons. The van der Waals surface area contributed by atoms with Crippen molar-refractivity contribution >= 4 is 31.8 Å². The highest BCUT2D eigenvalue weighted by Crippen LogP contribution is 2.18. The average Bonchev–Trinajstić information content (AvgIpc) is 2.92. The van der Waals surface area contributed by atoms with Crippen molar-refractivity contribution in [1.29, 1.82) is 0 Å². The first-order valence-corrected chi connectivity index (χ1v) is 14.9. The zero-order valence-corrected chi connectivity index (χ0v) is 21.6. The average molecular weight is 538 g/mol. The van der Waals surface area contributed by atoms with Crippen LogP contribution in [0.5, 0.6) is 0 Å². The smallest absolute Gasteiger partial charge is 0.251 e. The number of aromatic nitrogens is 1. The predicted molar refractivity (Wildman–Crippen MR) is 135 cm³/mol. The van der Waals surface area contributed by atoms with Crippen LogP contribution in [0.2, 0.25) is 0 Å². The molecule has 13 heteroatoms. The van der Waals surface area contributed by atoms with Crippen molar-refractivity contribution in [2.24, 2.45) is 0 Å². The topological polar surface area (TPSA) is 129 Å². The van der Waals surface area contributed by atoms with Gasteiger partial charge in [0.15, 0.2) is 0 Å². The molecule has 36 heavy (non-hydrogen) atoms. The molecule has 4 rings (SSSR count). The predicted octanol–water partition coefficient (Wildman–Crippen LogP) is 0.374. The van der Waals surface area contributed by atoms with Crippen molar-refractivity contribution in [2.45, 2.75) is 11.3 Å². The molecule has 0 atom stereocenters. The van der Waals surface area contributed by atoms with E-state index in [1.54, 1.807) is 6.20 Å². The van der Waals surface area contributed by atoms with Crippen LogP contribution in [0.1, 0.15) is 16.8 Å². The van der Waals surface area contributed by atoms with E-state index >= 15 is 0 Å². The molecule has 1 aromatic carbocycles. The van der Waals surface area contributed by atoms with Crippen molar-refractivity contribution in [3.8, 4) is 0 Å². The van der Waals surface area contributed by atoms with E-state index in [0.29, 0.717) is 58.0 Å². The van der Waals surface area contributed by atoms with Crippen LogP contribution in [-0.4, -0.2) is 101 Å². The van der Waals surface area contributed by atoms with Crippen molar-refractivity contribution in [3.05, 3.63) is 54.2 Å². The molecular weight excluding hydrogens is 506 g/mol. The first-order chi connectivity index (χ1) is 17.3. The Bertz CT molecular complexity index is 1230. The Kier molecular flexibility index (Phi) is 8.57. The molecule has 2 aliphatic heterocycles. The minimum absolute atomic E-state index is 0.0619. The summed E-state index contributed by atoms with van der Waals surface area (Å²) in [5, 5.41) is 2.71. The lowest BCUT2D eigenvalue weighted by molar-refractivity contribution is 0.0730. The maximum atomic E-state index is 12.7. The summed E-state index contributed by atoms with van der Waals surface area (Å²) in [6, 6.07) is 11.4. The molecule has 3 heterocycles. The fourth-order valence-electron chi connectivity index (χ4n) is 4.14. The molecule has 0 radical (unpaired) electrons. The molecule has 2 fully saturated rings. The van der Waals surface area contributed by atoms with E-state index in [1.807, 2.05) is 18.2 Å². The summed E-state index contributed by atoms with van der Waals surface area (Å²) in [7, 11) is -7.06. The third-order valence-corrected chi connectivity index (χ3v) is 10.1. The second-order valence-electron chi connectivity index (χ2n) is 8.54. The number of nitrogens with one attached hydrogen (secondary N) is 1. The molecule has 2 saturated heterocycles. The van der Waals surface area contributed by atoms with E-state index in [2.05, 4.69) is 15.2 Å². The van der Waals surface area contributed by atoms with Gasteiger partial charge in [0, 0.05) is 57.6 Å². The van der Waals surface area contributed by atoms with E-state index < -0.39 is 20.0 Å². The molecule has 11 nitrogen and oxygen atoms in total. The molecule has 2 aliphatic rings. The SMILES string of the molecule is O=C(NCCCS(=O)(=O)N1CCN(c2ccccn2)CC1)c1ccc(S(=O)(=O)N2CCOCC2)cc1. The highest BCUT2D eigenvalue weighted by atomic mass is 32.2. The number of hydrogen-bond acceptors (Lipinski definition) is 8. The van der Waals surface area contributed by atoms with Gasteiger partial charge in [-0.15, -0.1) is 0 Å². The molecule has 0 saturated carbocycles. The summed E-state index contributed by atoms with van der Waals surface area (Å²) in [4.78, 5) is 18.9. The van der Waals surface area contributed by atoms with Crippen molar-refractivity contribution in [2.75, 3.05) is 69.7 Å². The highest BCUT2D eigenvalue weighted by molar-refractivity contribution is 7.89. The number of piperazine rings is 1. The van der Waals surface area contributed by atoms with Gasteiger partial charge in [0.05, 0.1) is 23.9 Å². The van der Waals surface area contributed by atoms with Crippen LogP contribution in [0, 0.1) is 0 Å². The molecular formula is C23H31N5O6S2. The number of ether oxygens (including phenoxy) is 1. The third-order valence-electron chi connectivity index (χ3n) is 6.19. The lowest BCUT2D eigenvalue weighted by atomic mass is 10.2. The minimum atomic E-state index is -3.63. The van der Waals surface area contributed by atoms with E-state index in [0.717, 1.165) is 5.82 Å². The summed E-state index contributed by atoms with van der Waals surface area (Å²) in [6.45, 7) is 3.44. The molecule has 1 aromatic heterocycles. The van der Waals surface area contributed by atoms with Gasteiger partial charge in [-0.2, -0.15) is 8.61 Å². The Labute approximate surface area is 212 Å². The number of hydrogen-bond donors (Lipinski definition) is 1. The van der Waals surface area contributed by atoms with Gasteiger partial charge in [-0.05, 0) is 42.8 Å². The van der Waals surface area contributed by atoms with Gasteiger partial charge >= 0.3 is 0 Å². The number of nitrogens with zero attached hydrogens (tertiary/aromatic N) is 4. The largest absolute Gasteiger partial charge is 0.379 e. The quantitative estimate of drug-likeness (QED) is 0.455. The van der Waals surface area contributed by atoms with Crippen LogP contribution in [-0.2, 0) is 24.8 Å². The van der Waals surface area contributed by atoms with E-state index in [9.17, 15) is 21.6 Å². The van der Waals surface area contributed by atoms with Crippen LogP contribution in [0.25, 0.3) is 0 Å². The normalized spacial score (nSPS) is 18.2. The number of rotatable bonds is 9. The Morgan fingerprint density at radius 3 is 2.22 bits per heavy atom. The standard InChI is InChI=1S/C23H31N5O6S2/c29-23(20-5-7-21(8-6-20)36(32,33)28-15-17-34-18-16-28)25-10-3-19-35(30,31)27-13-11-26(12-14-27)22-4-1-2-9-24-22/h1-2,4-9H,3,10-19H2,(H,25,29). The van der Waals surface area contributed by atoms with Crippen LogP contribution in [0.4, 0.5) is 5.82 Å². The fraction of sp³-hybridized carbons (Fsp3) is 0.478. The van der Waals surface area contributed by atoms with Crippen LogP contribution < -0.4 is 10.2 Å². The monoisotopic (exact) mass is 537 g/mol. The van der Waals surface area contributed by atoms with Crippen molar-refractivity contribution < 1.29 is 26.4 Å². The molecule has 0 bridgehead atoms. The maximum Gasteiger partial charge on any atom is 0.251 e. The summed E-state index contributed by atoms with van der Waals surface area (Å²) < 4.78 is 58.9. The zero-order chi connectivity index (χ0) is 25.6. The summed E-state index contributed by atoms with van der Waals surface area (Å²) >= 11 is 0. The van der Waals surface area contributed by atoms with Gasteiger partial charge in [0.1, 0.15) is 5.82 Å². The number of sulfonamides is 2. The lowest BCUT2D eigenvalue weighted by Gasteiger charge is -2.34. The molecule has 0 aliphatic carbocycles. The summed E-state index contributed by atoms with van der Waals surface area (Å²) in [5.74, 6) is 0.392. The van der Waals surface area contributed by atoms with Gasteiger partial charge in [0.2, 0.25) is 20.0 Å². The number of carbonyl (C=O) groups excluding carboxylic acids is 1. The Balaban J connectivity index is 1.22. The number of benzene rings is 1. The number of carbonyl (C=O) groups is 1. The number of anilines is 1. The van der Waals surface area contributed by atoms with Crippen molar-refractivity contribution in [3.63, 3.8) is 0 Å². The highest BCUT2D eigenvalue weighted by Gasteiger charge is 2.28. The Hall–Kier alpha value is -2.58. The second-order valence-corrected chi connectivity index (χ2v) is 12.6. The van der Waals surface area contributed by atoms with E-state index in [-0.39, 0.29) is 29.5 Å². The van der Waals surface area contributed by atoms with Gasteiger partial charge in [0.25, 0.3) is 5.91 Å². The third kappa shape index (κ3) is 6.40. The van der Waals surface area contributed by atoms with Crippen LogP contribution in [0.3, 0.4) is 0 Å². The zero-order valence-electron chi connectivity index (χ0n) is 20.0. The van der Waals surface area contributed by atoms with Gasteiger partial charge < -0.3 is 15.0 Å². The minimum Gasteiger partial charge on any atom is -0.379 e. The summed E-state index contributed by atoms with van der Waals surface area (Å²) in [5.41, 5.74) is 0.310. The van der Waals surface area contributed by atoms with Crippen LogP contribution in [0.15, 0.2) is 53.6 Å². The Morgan fingerprint density at radius 2 is 1.58 bits per heavy atom. The first kappa shape index (κ1) is 26.5. The van der Waals surface area contributed by atoms with Crippen LogP contribution >= 0.6 is 0 Å². The molecule has 1 amide bonds. The van der Waals surface area contributed by atoms with Gasteiger partial charge in [-0.1, -0.05) is 6.07 Å². The number of amides is 1. The molecule has 0 unspecified atom stereocenters. The fourth-order valence-corrected chi connectivity index (χ4v) is 7.03. The number of morpholine rings is 1. The number of pyridine rings is 1. The van der Waals surface area contributed by atoms with Gasteiger partial charge in [-0.3, -0.25) is 4.79 Å². The van der Waals surface area contributed by atoms with Gasteiger partial charge in [-0.25, -0.2) is 21.8 Å². The van der Waals surface area contributed by atoms with E-state index in [4.69, 9.17) is 4.74 Å². The molecule has 1 N–H and O–H groups in total. The molecule has 0 spiro atoms.